The number of aromatic nitrogens is 2. The average molecular weight is 368 g/mol. The molecule has 0 aromatic carbocycles. The third-order valence-corrected chi connectivity index (χ3v) is 4.43. The number of halogens is 2. The van der Waals surface area contributed by atoms with Gasteiger partial charge in [-0.1, -0.05) is 11.6 Å². The van der Waals surface area contributed by atoms with Gasteiger partial charge in [-0.25, -0.2) is 23.2 Å². The van der Waals surface area contributed by atoms with E-state index in [9.17, 15) is 18.0 Å². The average Bonchev–Trinajstić information content (AvgIpc) is 2.76. The molecule has 1 aliphatic heterocycles. The zero-order valence-electron chi connectivity index (χ0n) is 11.3. The summed E-state index contributed by atoms with van der Waals surface area (Å²) >= 11 is 5.70. The molecule has 0 spiro atoms. The highest BCUT2D eigenvalue weighted by Crippen LogP contribution is 2.28. The summed E-state index contributed by atoms with van der Waals surface area (Å²) in [5.74, 6) is -2.03. The molecular weight excluding hydrogens is 357 g/mol. The van der Waals surface area contributed by atoms with E-state index in [4.69, 9.17) is 22.3 Å². The predicted octanol–water partition coefficient (Wildman–Crippen LogP) is 0.838. The summed E-state index contributed by atoms with van der Waals surface area (Å²) < 4.78 is 26.8. The van der Waals surface area contributed by atoms with Crippen molar-refractivity contribution in [2.75, 3.05) is 24.3 Å². The first-order valence-corrected chi connectivity index (χ1v) is 8.90. The lowest BCUT2D eigenvalue weighted by Gasteiger charge is -2.17. The lowest BCUT2D eigenvalue weighted by atomic mass is 10.1. The zero-order valence-corrected chi connectivity index (χ0v) is 13.7. The Hall–Kier alpha value is -1.45. The van der Waals surface area contributed by atoms with Gasteiger partial charge in [-0.15, -0.1) is 0 Å². The lowest BCUT2D eigenvalue weighted by molar-refractivity contribution is -0.117. The SMILES string of the molecule is COC(=O)c1nc(Cl)cnc1N1CC(CS(=O)(=O)Cl)CC1=O. The Morgan fingerprint density at radius 2 is 2.23 bits per heavy atom. The highest BCUT2D eigenvalue weighted by Gasteiger charge is 2.36. The minimum absolute atomic E-state index is 0.0170. The number of rotatable bonds is 4. The first-order chi connectivity index (χ1) is 10.2. The number of carbonyl (C=O) groups is 2. The van der Waals surface area contributed by atoms with Gasteiger partial charge < -0.3 is 4.74 Å². The maximum Gasteiger partial charge on any atom is 0.360 e. The standard InChI is InChI=1S/C11H11Cl2N3O5S/c1-21-11(18)9-10(14-3-7(12)15-9)16-4-6(2-8(16)17)5-22(13,19)20/h3,6H,2,4-5H2,1H3. The monoisotopic (exact) mass is 367 g/mol. The fraction of sp³-hybridized carbons (Fsp3) is 0.455. The molecule has 1 amide bonds. The summed E-state index contributed by atoms with van der Waals surface area (Å²) in [6.07, 6.45) is 1.17. The Morgan fingerprint density at radius 1 is 1.55 bits per heavy atom. The summed E-state index contributed by atoms with van der Waals surface area (Å²) in [4.78, 5) is 32.7. The van der Waals surface area contributed by atoms with Crippen molar-refractivity contribution in [1.82, 2.24) is 9.97 Å². The molecular formula is C11H11Cl2N3O5S. The molecule has 1 fully saturated rings. The van der Waals surface area contributed by atoms with E-state index in [2.05, 4.69) is 14.7 Å². The third-order valence-electron chi connectivity index (χ3n) is 3.00. The van der Waals surface area contributed by atoms with Crippen LogP contribution in [0.5, 0.6) is 0 Å². The van der Waals surface area contributed by atoms with Gasteiger partial charge in [0.2, 0.25) is 15.0 Å². The molecule has 0 saturated carbocycles. The van der Waals surface area contributed by atoms with E-state index in [1.807, 2.05) is 0 Å². The maximum atomic E-state index is 12.1. The van der Waals surface area contributed by atoms with E-state index < -0.39 is 20.9 Å². The Morgan fingerprint density at radius 3 is 2.82 bits per heavy atom. The van der Waals surface area contributed by atoms with Crippen LogP contribution in [0, 0.1) is 5.92 Å². The second kappa shape index (κ2) is 6.35. The molecule has 0 radical (unpaired) electrons. The summed E-state index contributed by atoms with van der Waals surface area (Å²) in [7, 11) is 2.63. The molecule has 22 heavy (non-hydrogen) atoms. The van der Waals surface area contributed by atoms with E-state index in [1.165, 1.54) is 11.1 Å². The van der Waals surface area contributed by atoms with Crippen LogP contribution in [0.25, 0.3) is 0 Å². The number of hydrogen-bond acceptors (Lipinski definition) is 7. The number of carbonyl (C=O) groups excluding carboxylic acids is 2. The van der Waals surface area contributed by atoms with Crippen LogP contribution in [-0.2, 0) is 18.6 Å². The molecule has 11 heteroatoms. The van der Waals surface area contributed by atoms with E-state index in [0.29, 0.717) is 0 Å². The molecule has 1 unspecified atom stereocenters. The Labute approximate surface area is 135 Å². The topological polar surface area (TPSA) is 107 Å². The van der Waals surface area contributed by atoms with Crippen molar-refractivity contribution in [1.29, 1.82) is 0 Å². The third kappa shape index (κ3) is 3.84. The summed E-state index contributed by atoms with van der Waals surface area (Å²) in [6.45, 7) is 0.0606. The van der Waals surface area contributed by atoms with Crippen LogP contribution in [0.15, 0.2) is 6.20 Å². The fourth-order valence-electron chi connectivity index (χ4n) is 2.17. The van der Waals surface area contributed by atoms with Crippen molar-refractivity contribution >= 4 is 49.0 Å². The number of ether oxygens (including phenoxy) is 1. The minimum atomic E-state index is -3.73. The van der Waals surface area contributed by atoms with Gasteiger partial charge in [0.1, 0.15) is 5.15 Å². The Bertz CT molecular complexity index is 724. The van der Waals surface area contributed by atoms with E-state index in [-0.39, 0.29) is 41.3 Å². The summed E-state index contributed by atoms with van der Waals surface area (Å²) in [6, 6.07) is 0. The number of methoxy groups -OCH3 is 1. The van der Waals surface area contributed by atoms with Crippen molar-refractivity contribution in [3.8, 4) is 0 Å². The minimum Gasteiger partial charge on any atom is -0.464 e. The van der Waals surface area contributed by atoms with Gasteiger partial charge in [-0.2, -0.15) is 0 Å². The van der Waals surface area contributed by atoms with Gasteiger partial charge in [0, 0.05) is 29.6 Å². The van der Waals surface area contributed by atoms with Crippen molar-refractivity contribution in [2.24, 2.45) is 5.92 Å². The van der Waals surface area contributed by atoms with Crippen LogP contribution in [-0.4, -0.2) is 49.7 Å². The molecule has 1 aromatic heterocycles. The van der Waals surface area contributed by atoms with Crippen LogP contribution in [0.3, 0.4) is 0 Å². The van der Waals surface area contributed by atoms with Crippen LogP contribution in [0.2, 0.25) is 5.15 Å². The Balaban J connectivity index is 2.32. The number of amides is 1. The van der Waals surface area contributed by atoms with Crippen molar-refractivity contribution in [3.05, 3.63) is 17.0 Å². The molecule has 0 N–H and O–H groups in total. The molecule has 8 nitrogen and oxygen atoms in total. The number of esters is 1. The van der Waals surface area contributed by atoms with Crippen LogP contribution >= 0.6 is 22.3 Å². The fourth-order valence-corrected chi connectivity index (χ4v) is 3.63. The molecule has 2 heterocycles. The predicted molar refractivity (Wildman–Crippen MR) is 78.5 cm³/mol. The van der Waals surface area contributed by atoms with Gasteiger partial charge in [0.25, 0.3) is 0 Å². The molecule has 1 aromatic rings. The van der Waals surface area contributed by atoms with E-state index >= 15 is 0 Å². The first-order valence-electron chi connectivity index (χ1n) is 6.05. The number of hydrogen-bond donors (Lipinski definition) is 0. The largest absolute Gasteiger partial charge is 0.464 e. The van der Waals surface area contributed by atoms with Crippen LogP contribution in [0.1, 0.15) is 16.9 Å². The second-order valence-electron chi connectivity index (χ2n) is 4.64. The van der Waals surface area contributed by atoms with Crippen molar-refractivity contribution < 1.29 is 22.7 Å². The van der Waals surface area contributed by atoms with Gasteiger partial charge in [0.15, 0.2) is 11.5 Å². The van der Waals surface area contributed by atoms with Crippen LogP contribution < -0.4 is 4.90 Å². The van der Waals surface area contributed by atoms with E-state index in [0.717, 1.165) is 7.11 Å². The smallest absolute Gasteiger partial charge is 0.360 e. The first kappa shape index (κ1) is 16.9. The zero-order chi connectivity index (χ0) is 16.5. The molecule has 120 valence electrons. The highest BCUT2D eigenvalue weighted by molar-refractivity contribution is 8.13. The molecule has 0 bridgehead atoms. The van der Waals surface area contributed by atoms with E-state index in [1.54, 1.807) is 0 Å². The number of nitrogens with zero attached hydrogens (tertiary/aromatic N) is 3. The second-order valence-corrected chi connectivity index (χ2v) is 7.85. The van der Waals surface area contributed by atoms with Crippen molar-refractivity contribution in [2.45, 2.75) is 6.42 Å². The van der Waals surface area contributed by atoms with Crippen LogP contribution in [0.4, 0.5) is 5.82 Å². The normalized spacial score (nSPS) is 18.6. The van der Waals surface area contributed by atoms with Gasteiger partial charge in [-0.3, -0.25) is 9.69 Å². The lowest BCUT2D eigenvalue weighted by Crippen LogP contribution is -2.29. The van der Waals surface area contributed by atoms with Gasteiger partial charge in [0.05, 0.1) is 19.1 Å². The number of anilines is 1. The van der Waals surface area contributed by atoms with Crippen molar-refractivity contribution in [3.63, 3.8) is 0 Å². The summed E-state index contributed by atoms with van der Waals surface area (Å²) in [5.41, 5.74) is -0.210. The molecule has 1 saturated heterocycles. The molecule has 0 aliphatic carbocycles. The van der Waals surface area contributed by atoms with Gasteiger partial charge >= 0.3 is 5.97 Å². The van der Waals surface area contributed by atoms with Gasteiger partial charge in [-0.05, 0) is 0 Å². The quantitative estimate of drug-likeness (QED) is 0.573. The summed E-state index contributed by atoms with van der Waals surface area (Å²) in [5, 5.41) is -0.0318. The maximum absolute atomic E-state index is 12.1. The molecule has 1 aliphatic rings. The molecule has 2 rings (SSSR count). The highest BCUT2D eigenvalue weighted by atomic mass is 35.7. The molecule has 1 atom stereocenters. The Kier molecular flexibility index (Phi) is 4.88.